The number of nitrogens with two attached hydrogens (primary N) is 1. The molecule has 7 heteroatoms. The molecule has 3 atom stereocenters. The van der Waals surface area contributed by atoms with Gasteiger partial charge >= 0.3 is 0 Å². The van der Waals surface area contributed by atoms with Gasteiger partial charge in [0.1, 0.15) is 11.7 Å². The number of imidazole rings is 1. The van der Waals surface area contributed by atoms with Crippen LogP contribution in [-0.2, 0) is 4.74 Å². The van der Waals surface area contributed by atoms with Gasteiger partial charge in [0, 0.05) is 0 Å². The number of ether oxygens (including phenoxy) is 1. The van der Waals surface area contributed by atoms with Crippen molar-refractivity contribution in [2.75, 3.05) is 5.73 Å². The van der Waals surface area contributed by atoms with Crippen molar-refractivity contribution in [3.8, 4) is 0 Å². The van der Waals surface area contributed by atoms with E-state index in [2.05, 4.69) is 28.8 Å². The highest BCUT2D eigenvalue weighted by Crippen LogP contribution is 2.36. The van der Waals surface area contributed by atoms with Gasteiger partial charge < -0.3 is 10.5 Å². The van der Waals surface area contributed by atoms with Crippen molar-refractivity contribution in [3.05, 3.63) is 11.6 Å². The summed E-state index contributed by atoms with van der Waals surface area (Å²) >= 11 is 5.86. The maximum absolute atomic E-state index is 6.03. The Balaban J connectivity index is 2.02. The molecule has 1 aliphatic rings. The number of nitrogens with zero attached hydrogens (tertiary/aromatic N) is 4. The summed E-state index contributed by atoms with van der Waals surface area (Å²) in [6.07, 6.45) is 3.85. The normalized spacial score (nSPS) is 27.2. The second kappa shape index (κ2) is 4.61. The minimum Gasteiger partial charge on any atom is -0.382 e. The molecule has 0 saturated carbocycles. The third-order valence-corrected chi connectivity index (χ3v) is 3.84. The molecule has 1 unspecified atom stereocenters. The summed E-state index contributed by atoms with van der Waals surface area (Å²) in [5.41, 5.74) is 7.00. The lowest BCUT2D eigenvalue weighted by Gasteiger charge is -2.14. The van der Waals surface area contributed by atoms with Gasteiger partial charge in [-0.15, -0.1) is 0 Å². The predicted molar refractivity (Wildman–Crippen MR) is 72.7 cm³/mol. The number of hydrogen-bond acceptors (Lipinski definition) is 5. The third kappa shape index (κ3) is 2.04. The molecular formula is C12H16ClN5O. The molecule has 3 heterocycles. The number of halogens is 1. The largest absolute Gasteiger partial charge is 0.382 e. The molecule has 2 N–H and O–H groups in total. The van der Waals surface area contributed by atoms with Gasteiger partial charge in [-0.05, 0) is 30.4 Å². The second-order valence-electron chi connectivity index (χ2n) is 4.95. The molecule has 19 heavy (non-hydrogen) atoms. The van der Waals surface area contributed by atoms with Gasteiger partial charge in [0.25, 0.3) is 0 Å². The molecule has 3 rings (SSSR count). The molecule has 0 bridgehead atoms. The van der Waals surface area contributed by atoms with Crippen molar-refractivity contribution in [2.24, 2.45) is 5.92 Å². The van der Waals surface area contributed by atoms with Crippen molar-refractivity contribution in [1.82, 2.24) is 19.5 Å². The van der Waals surface area contributed by atoms with E-state index >= 15 is 0 Å². The van der Waals surface area contributed by atoms with E-state index in [0.717, 1.165) is 12.8 Å². The van der Waals surface area contributed by atoms with E-state index in [-0.39, 0.29) is 17.6 Å². The zero-order valence-corrected chi connectivity index (χ0v) is 11.6. The van der Waals surface area contributed by atoms with Crippen LogP contribution in [0.1, 0.15) is 32.9 Å². The Morgan fingerprint density at radius 1 is 1.53 bits per heavy atom. The summed E-state index contributed by atoms with van der Waals surface area (Å²) in [5, 5.41) is 0.129. The molecule has 0 aromatic carbocycles. The van der Waals surface area contributed by atoms with E-state index in [0.29, 0.717) is 22.9 Å². The van der Waals surface area contributed by atoms with Gasteiger partial charge in [-0.25, -0.2) is 4.98 Å². The van der Waals surface area contributed by atoms with Crippen LogP contribution in [0, 0.1) is 5.92 Å². The van der Waals surface area contributed by atoms with Gasteiger partial charge in [-0.1, -0.05) is 13.8 Å². The minimum absolute atomic E-state index is 0.0599. The Bertz CT molecular complexity index is 613. The van der Waals surface area contributed by atoms with Crippen LogP contribution in [-0.4, -0.2) is 25.6 Å². The Morgan fingerprint density at radius 3 is 3.00 bits per heavy atom. The Kier molecular flexibility index (Phi) is 3.06. The average molecular weight is 282 g/mol. The number of nitrogen functional groups attached to an aromatic ring is 1. The topological polar surface area (TPSA) is 78.9 Å². The predicted octanol–water partition coefficient (Wildman–Crippen LogP) is 2.40. The Labute approximate surface area is 115 Å². The number of hydrogen-bond donors (Lipinski definition) is 1. The molecule has 2 aromatic rings. The molecule has 6 nitrogen and oxygen atoms in total. The Morgan fingerprint density at radius 2 is 2.32 bits per heavy atom. The van der Waals surface area contributed by atoms with Crippen molar-refractivity contribution in [1.29, 1.82) is 0 Å². The fourth-order valence-corrected chi connectivity index (χ4v) is 2.83. The molecule has 1 aliphatic heterocycles. The summed E-state index contributed by atoms with van der Waals surface area (Å²) in [5.74, 6) is 0.814. The monoisotopic (exact) mass is 281 g/mol. The highest BCUT2D eigenvalue weighted by molar-refractivity contribution is 6.28. The van der Waals surface area contributed by atoms with Gasteiger partial charge in [0.05, 0.1) is 12.4 Å². The second-order valence-corrected chi connectivity index (χ2v) is 5.29. The lowest BCUT2D eigenvalue weighted by atomic mass is 10.0. The minimum atomic E-state index is -0.0599. The first-order valence-corrected chi connectivity index (χ1v) is 6.79. The average Bonchev–Trinajstić information content (AvgIpc) is 2.92. The van der Waals surface area contributed by atoms with E-state index in [9.17, 15) is 0 Å². The van der Waals surface area contributed by atoms with Crippen LogP contribution >= 0.6 is 11.6 Å². The maximum atomic E-state index is 6.03. The third-order valence-electron chi connectivity index (χ3n) is 3.67. The summed E-state index contributed by atoms with van der Waals surface area (Å²) in [6.45, 7) is 4.33. The molecule has 0 amide bonds. The fraction of sp³-hybridized carbons (Fsp3) is 0.583. The van der Waals surface area contributed by atoms with Crippen molar-refractivity contribution >= 4 is 28.6 Å². The number of rotatable bonds is 2. The zero-order chi connectivity index (χ0) is 13.6. The van der Waals surface area contributed by atoms with Crippen molar-refractivity contribution < 1.29 is 4.74 Å². The molecule has 0 radical (unpaired) electrons. The van der Waals surface area contributed by atoms with Crippen LogP contribution in [0.3, 0.4) is 0 Å². The highest BCUT2D eigenvalue weighted by atomic mass is 35.5. The summed E-state index contributed by atoms with van der Waals surface area (Å²) < 4.78 is 7.93. The van der Waals surface area contributed by atoms with E-state index < -0.39 is 0 Å². The summed E-state index contributed by atoms with van der Waals surface area (Å²) in [7, 11) is 0. The van der Waals surface area contributed by atoms with Gasteiger partial charge in [0.15, 0.2) is 11.5 Å². The first-order chi connectivity index (χ1) is 9.10. The number of aromatic nitrogens is 4. The first-order valence-electron chi connectivity index (χ1n) is 6.41. The number of anilines is 1. The molecule has 1 fully saturated rings. The van der Waals surface area contributed by atoms with Crippen LogP contribution in [0.4, 0.5) is 5.82 Å². The van der Waals surface area contributed by atoms with Gasteiger partial charge in [0.2, 0.25) is 5.28 Å². The highest BCUT2D eigenvalue weighted by Gasteiger charge is 2.33. The molecule has 0 aliphatic carbocycles. The van der Waals surface area contributed by atoms with E-state index in [1.54, 1.807) is 6.33 Å². The van der Waals surface area contributed by atoms with E-state index in [1.807, 2.05) is 4.57 Å². The maximum Gasteiger partial charge on any atom is 0.226 e. The lowest BCUT2D eigenvalue weighted by molar-refractivity contribution is -0.00304. The van der Waals surface area contributed by atoms with Crippen molar-refractivity contribution in [2.45, 2.75) is 39.0 Å². The van der Waals surface area contributed by atoms with Crippen molar-refractivity contribution in [3.63, 3.8) is 0 Å². The molecule has 0 spiro atoms. The molecular weight excluding hydrogens is 266 g/mol. The molecule has 102 valence electrons. The SMILES string of the molecule is CC[C@H]1OC(n2cnc3c(N)nc(Cl)nc32)C[C@H]1C. The lowest BCUT2D eigenvalue weighted by Crippen LogP contribution is -2.12. The smallest absolute Gasteiger partial charge is 0.226 e. The molecule has 2 aromatic heterocycles. The first kappa shape index (κ1) is 12.6. The van der Waals surface area contributed by atoms with Crippen LogP contribution in [0.5, 0.6) is 0 Å². The van der Waals surface area contributed by atoms with Crippen LogP contribution < -0.4 is 5.73 Å². The molecule has 1 saturated heterocycles. The van der Waals surface area contributed by atoms with Gasteiger partial charge in [-0.2, -0.15) is 9.97 Å². The zero-order valence-electron chi connectivity index (χ0n) is 10.9. The standard InChI is InChI=1S/C12H16ClN5O/c1-3-7-6(2)4-8(19-7)18-5-15-9-10(14)16-12(13)17-11(9)18/h5-8H,3-4H2,1-2H3,(H2,14,16,17)/t6-,7-,8?/m1/s1. The van der Waals surface area contributed by atoms with Crippen LogP contribution in [0.25, 0.3) is 11.2 Å². The summed E-state index contributed by atoms with van der Waals surface area (Å²) in [6, 6.07) is 0. The van der Waals surface area contributed by atoms with E-state index in [4.69, 9.17) is 22.1 Å². The van der Waals surface area contributed by atoms with E-state index in [1.165, 1.54) is 0 Å². The summed E-state index contributed by atoms with van der Waals surface area (Å²) in [4.78, 5) is 12.4. The van der Waals surface area contributed by atoms with Gasteiger partial charge in [-0.3, -0.25) is 4.57 Å². The van der Waals surface area contributed by atoms with Crippen LogP contribution in [0.15, 0.2) is 6.33 Å². The van der Waals surface area contributed by atoms with Crippen LogP contribution in [0.2, 0.25) is 5.28 Å². The fourth-order valence-electron chi connectivity index (χ4n) is 2.66. The quantitative estimate of drug-likeness (QED) is 0.855. The Hall–Kier alpha value is -1.40. The number of fused-ring (bicyclic) bond motifs is 1.